The number of nitrogens with one attached hydrogen (secondary N) is 1. The van der Waals surface area contributed by atoms with Crippen molar-refractivity contribution in [1.82, 2.24) is 4.98 Å². The smallest absolute Gasteiger partial charge is 0.661 e. The second-order valence-electron chi connectivity index (χ2n) is 1.17. The van der Waals surface area contributed by atoms with Gasteiger partial charge in [-0.05, 0) is 0 Å². The van der Waals surface area contributed by atoms with E-state index < -0.39 is 5.91 Å². The first kappa shape index (κ1) is 12.5. The van der Waals surface area contributed by atoms with Crippen LogP contribution in [0.5, 0.6) is 0 Å². The fraction of sp³-hybridized carbons (Fsp3) is 0. The molecular weight excluding hydrogens is 320 g/mol. The van der Waals surface area contributed by atoms with Crippen LogP contribution in [0, 0.1) is 7.43 Å². The van der Waals surface area contributed by atoms with Crippen LogP contribution < -0.4 is 0 Å². The van der Waals surface area contributed by atoms with Gasteiger partial charge in [-0.3, -0.25) is 0 Å². The molecule has 0 spiro atoms. The normalized spacial score (nSPS) is 7.20. The molecule has 1 heterocycles. The predicted molar refractivity (Wildman–Crippen MR) is 37.2 cm³/mol. The molecule has 1 rings (SSSR count). The number of aromatic nitrogens is 1. The molecule has 1 N–H and O–H groups in total. The minimum Gasteiger partial charge on any atom is -0.661 e. The molecule has 0 saturated heterocycles. The van der Waals surface area contributed by atoms with E-state index in [0.29, 0.717) is 0 Å². The van der Waals surface area contributed by atoms with Gasteiger partial charge in [0.2, 0.25) is 0 Å². The quantitative estimate of drug-likeness (QED) is 0.739. The van der Waals surface area contributed by atoms with E-state index in [1.807, 2.05) is 0 Å². The SMILES string of the molecule is [CH3-].[NH-]C(=O)c1nccs1.[W+2]. The molecule has 0 saturated carbocycles. The molecule has 0 aromatic carbocycles. The molecule has 1 aromatic heterocycles. The second kappa shape index (κ2) is 5.56. The molecule has 5 heteroatoms. The Bertz CT molecular complexity index is 188. The maximum atomic E-state index is 10.1. The van der Waals surface area contributed by atoms with Crippen molar-refractivity contribution in [1.29, 1.82) is 0 Å². The average Bonchev–Trinajstić information content (AvgIpc) is 2.12. The Morgan fingerprint density at radius 2 is 2.30 bits per heavy atom. The van der Waals surface area contributed by atoms with Gasteiger partial charge in [-0.15, -0.1) is 11.3 Å². The van der Waals surface area contributed by atoms with Gasteiger partial charge in [-0.2, -0.15) is 0 Å². The summed E-state index contributed by atoms with van der Waals surface area (Å²) in [7, 11) is 0. The van der Waals surface area contributed by atoms with E-state index in [1.54, 1.807) is 5.38 Å². The molecule has 0 unspecified atom stereocenters. The molecule has 0 atom stereocenters. The van der Waals surface area contributed by atoms with Gasteiger partial charge in [0, 0.05) is 11.6 Å². The van der Waals surface area contributed by atoms with Crippen LogP contribution >= 0.6 is 11.3 Å². The Labute approximate surface area is 77.9 Å². The standard InChI is InChI=1S/C4H4N2OS.CH3.W/c5-3(7)4-6-1-2-8-4;;/h1-2H,(H2,5,7);1H3;/q;-1;+2/p-1. The van der Waals surface area contributed by atoms with Crippen molar-refractivity contribution in [3.8, 4) is 0 Å². The third kappa shape index (κ3) is 3.08. The van der Waals surface area contributed by atoms with Gasteiger partial charge in [0.25, 0.3) is 0 Å². The third-order valence-corrected chi connectivity index (χ3v) is 1.40. The zero-order valence-corrected chi connectivity index (χ0v) is 9.08. The van der Waals surface area contributed by atoms with E-state index in [0.717, 1.165) is 0 Å². The fourth-order valence-electron chi connectivity index (χ4n) is 0.336. The molecule has 0 aliphatic rings. The number of carbonyl (C=O) groups is 1. The molecular formula is C5H6N2OSW. The zero-order chi connectivity index (χ0) is 5.98. The monoisotopic (exact) mass is 326 g/mol. The van der Waals surface area contributed by atoms with Crippen LogP contribution in [0.1, 0.15) is 9.80 Å². The number of thiazole rings is 1. The average molecular weight is 326 g/mol. The molecule has 0 aliphatic carbocycles. The van der Waals surface area contributed by atoms with Gasteiger partial charge in [-0.25, -0.2) is 4.98 Å². The number of rotatable bonds is 1. The van der Waals surface area contributed by atoms with Gasteiger partial charge in [0.15, 0.2) is 0 Å². The summed E-state index contributed by atoms with van der Waals surface area (Å²) in [6, 6.07) is 0. The molecule has 1 aromatic rings. The van der Waals surface area contributed by atoms with Gasteiger partial charge in [0.05, 0.1) is 0 Å². The van der Waals surface area contributed by atoms with Crippen molar-refractivity contribution in [2.75, 3.05) is 0 Å². The Balaban J connectivity index is 0. The summed E-state index contributed by atoms with van der Waals surface area (Å²) in [4.78, 5) is 13.7. The van der Waals surface area contributed by atoms with Crippen LogP contribution in [0.25, 0.3) is 5.73 Å². The van der Waals surface area contributed by atoms with E-state index in [-0.39, 0.29) is 33.5 Å². The number of hydrogen-bond donors (Lipinski definition) is 0. The first-order valence-electron chi connectivity index (χ1n) is 1.96. The molecule has 1 amide bonds. The molecule has 54 valence electrons. The molecule has 0 bridgehead atoms. The van der Waals surface area contributed by atoms with Crippen LogP contribution in [0.4, 0.5) is 0 Å². The molecule has 10 heavy (non-hydrogen) atoms. The van der Waals surface area contributed by atoms with Crippen molar-refractivity contribution in [3.63, 3.8) is 0 Å². The van der Waals surface area contributed by atoms with E-state index in [2.05, 4.69) is 4.98 Å². The van der Waals surface area contributed by atoms with Crippen molar-refractivity contribution in [2.24, 2.45) is 0 Å². The van der Waals surface area contributed by atoms with Gasteiger partial charge in [0.1, 0.15) is 10.9 Å². The van der Waals surface area contributed by atoms with Crippen LogP contribution in [0.3, 0.4) is 0 Å². The van der Waals surface area contributed by atoms with E-state index >= 15 is 0 Å². The van der Waals surface area contributed by atoms with Gasteiger partial charge < -0.3 is 18.0 Å². The molecule has 0 fully saturated rings. The predicted octanol–water partition coefficient (Wildman–Crippen LogP) is 1.78. The van der Waals surface area contributed by atoms with E-state index in [9.17, 15) is 4.79 Å². The number of nitrogens with zero attached hydrogens (tertiary/aromatic N) is 1. The van der Waals surface area contributed by atoms with Crippen LogP contribution in [-0.4, -0.2) is 10.9 Å². The first-order valence-corrected chi connectivity index (χ1v) is 2.84. The topological polar surface area (TPSA) is 53.8 Å². The number of carbonyl (C=O) groups excluding carboxylic acids is 1. The summed E-state index contributed by atoms with van der Waals surface area (Å²) < 4.78 is 0. The van der Waals surface area contributed by atoms with Crippen molar-refractivity contribution in [3.05, 3.63) is 29.7 Å². The molecule has 3 nitrogen and oxygen atoms in total. The van der Waals surface area contributed by atoms with Crippen LogP contribution in [-0.2, 0) is 21.1 Å². The van der Waals surface area contributed by atoms with Gasteiger partial charge in [-0.1, -0.05) is 0 Å². The summed E-state index contributed by atoms with van der Waals surface area (Å²) >= 11 is 1.18. The largest absolute Gasteiger partial charge is 2.00 e. The van der Waals surface area contributed by atoms with Crippen molar-refractivity contribution >= 4 is 17.2 Å². The molecule has 0 aliphatic heterocycles. The Hall–Kier alpha value is -0.212. The van der Waals surface area contributed by atoms with Crippen LogP contribution in [0.2, 0.25) is 0 Å². The summed E-state index contributed by atoms with van der Waals surface area (Å²) in [5.74, 6) is -0.708. The third-order valence-electron chi connectivity index (χ3n) is 0.627. The Kier molecular flexibility index (Phi) is 6.93. The van der Waals surface area contributed by atoms with Crippen molar-refractivity contribution < 1.29 is 25.9 Å². The summed E-state index contributed by atoms with van der Waals surface area (Å²) in [5.41, 5.74) is 6.54. The zero-order valence-electron chi connectivity index (χ0n) is 5.33. The minimum atomic E-state index is -0.708. The number of hydrogen-bond acceptors (Lipinski definition) is 3. The minimum absolute atomic E-state index is 0. The first-order chi connectivity index (χ1) is 3.80. The summed E-state index contributed by atoms with van der Waals surface area (Å²) in [6.07, 6.45) is 1.51. The van der Waals surface area contributed by atoms with E-state index in [1.165, 1.54) is 17.5 Å². The molecule has 0 radical (unpaired) electrons. The summed E-state index contributed by atoms with van der Waals surface area (Å²) in [6.45, 7) is 0. The van der Waals surface area contributed by atoms with Crippen molar-refractivity contribution in [2.45, 2.75) is 0 Å². The Morgan fingerprint density at radius 3 is 2.50 bits per heavy atom. The fourth-order valence-corrected chi connectivity index (χ4v) is 0.815. The van der Waals surface area contributed by atoms with Gasteiger partial charge >= 0.3 is 21.1 Å². The van der Waals surface area contributed by atoms with Crippen LogP contribution in [0.15, 0.2) is 11.6 Å². The maximum Gasteiger partial charge on any atom is 2.00 e. The summed E-state index contributed by atoms with van der Waals surface area (Å²) in [5, 5.41) is 1.92. The van der Waals surface area contributed by atoms with E-state index in [4.69, 9.17) is 5.73 Å². The number of amides is 1. The maximum absolute atomic E-state index is 10.1. The Morgan fingerprint density at radius 1 is 1.70 bits per heavy atom. The second-order valence-corrected chi connectivity index (χ2v) is 2.06.